The van der Waals surface area contributed by atoms with Gasteiger partial charge in [-0.25, -0.2) is 4.98 Å². The van der Waals surface area contributed by atoms with Crippen LogP contribution in [0.4, 0.5) is 5.82 Å². The Morgan fingerprint density at radius 3 is 2.94 bits per heavy atom. The van der Waals surface area contributed by atoms with Gasteiger partial charge in [0, 0.05) is 39.9 Å². The summed E-state index contributed by atoms with van der Waals surface area (Å²) in [7, 11) is 0. The molecule has 0 amide bonds. The molecular weight excluding hydrogens is 356 g/mol. The normalized spacial score (nSPS) is 19.7. The lowest BCUT2D eigenvalue weighted by molar-refractivity contribution is 0.675. The van der Waals surface area contributed by atoms with Crippen molar-refractivity contribution in [2.75, 3.05) is 23.3 Å². The van der Waals surface area contributed by atoms with Crippen LogP contribution in [-0.4, -0.2) is 23.4 Å². The highest BCUT2D eigenvalue weighted by Gasteiger charge is 2.23. The molecule has 1 fully saturated rings. The van der Waals surface area contributed by atoms with Crippen LogP contribution in [-0.2, 0) is 0 Å². The Labute approximate surface area is 124 Å². The Balaban J connectivity index is 2.05. The maximum Gasteiger partial charge on any atom is 0.136 e. The SMILES string of the molecule is BrCC1CCN(c2nccc3c(Br)cccc23)C1. The number of fused-ring (bicyclic) bond motifs is 1. The van der Waals surface area contributed by atoms with Crippen molar-refractivity contribution in [2.24, 2.45) is 5.92 Å². The van der Waals surface area contributed by atoms with Gasteiger partial charge >= 0.3 is 0 Å². The number of halogens is 2. The predicted molar refractivity (Wildman–Crippen MR) is 83.6 cm³/mol. The summed E-state index contributed by atoms with van der Waals surface area (Å²) in [5, 5.41) is 3.56. The van der Waals surface area contributed by atoms with E-state index in [0.717, 1.165) is 34.6 Å². The summed E-state index contributed by atoms with van der Waals surface area (Å²) in [5.41, 5.74) is 0. The Morgan fingerprint density at radius 1 is 1.28 bits per heavy atom. The van der Waals surface area contributed by atoms with Gasteiger partial charge in [-0.1, -0.05) is 44.0 Å². The molecule has 2 heterocycles. The molecule has 0 spiro atoms. The minimum atomic E-state index is 0.745. The molecule has 18 heavy (non-hydrogen) atoms. The number of aromatic nitrogens is 1. The Kier molecular flexibility index (Phi) is 3.57. The van der Waals surface area contributed by atoms with Gasteiger partial charge in [0.05, 0.1) is 0 Å². The van der Waals surface area contributed by atoms with Gasteiger partial charge in [0.1, 0.15) is 5.82 Å². The van der Waals surface area contributed by atoms with Crippen molar-refractivity contribution in [2.45, 2.75) is 6.42 Å². The third-order valence-corrected chi connectivity index (χ3v) is 5.14. The summed E-state index contributed by atoms with van der Waals surface area (Å²) in [5.74, 6) is 1.87. The zero-order valence-electron chi connectivity index (χ0n) is 9.94. The summed E-state index contributed by atoms with van der Waals surface area (Å²) >= 11 is 7.19. The van der Waals surface area contributed by atoms with E-state index < -0.39 is 0 Å². The third kappa shape index (κ3) is 2.16. The Bertz CT molecular complexity index is 571. The lowest BCUT2D eigenvalue weighted by Gasteiger charge is -2.19. The number of hydrogen-bond donors (Lipinski definition) is 0. The van der Waals surface area contributed by atoms with Gasteiger partial charge in [0.25, 0.3) is 0 Å². The first-order valence-electron chi connectivity index (χ1n) is 6.13. The number of nitrogens with zero attached hydrogens (tertiary/aromatic N) is 2. The molecular formula is C14H14Br2N2. The molecule has 4 heteroatoms. The van der Waals surface area contributed by atoms with Crippen molar-refractivity contribution in [1.82, 2.24) is 4.98 Å². The van der Waals surface area contributed by atoms with Crippen LogP contribution in [0, 0.1) is 5.92 Å². The molecule has 2 aromatic rings. The largest absolute Gasteiger partial charge is 0.356 e. The average Bonchev–Trinajstić information content (AvgIpc) is 2.87. The number of anilines is 1. The number of rotatable bonds is 2. The molecule has 94 valence electrons. The molecule has 0 N–H and O–H groups in total. The molecule has 1 aliphatic heterocycles. The predicted octanol–water partition coefficient (Wildman–Crippen LogP) is 4.22. The van der Waals surface area contributed by atoms with E-state index in [0.29, 0.717) is 0 Å². The first kappa shape index (κ1) is 12.4. The van der Waals surface area contributed by atoms with E-state index in [1.807, 2.05) is 6.20 Å². The summed E-state index contributed by atoms with van der Waals surface area (Å²) in [6, 6.07) is 8.39. The van der Waals surface area contributed by atoms with E-state index >= 15 is 0 Å². The first-order chi connectivity index (χ1) is 8.79. The molecule has 1 unspecified atom stereocenters. The summed E-state index contributed by atoms with van der Waals surface area (Å²) < 4.78 is 1.14. The van der Waals surface area contributed by atoms with Gasteiger partial charge in [-0.3, -0.25) is 0 Å². The van der Waals surface area contributed by atoms with Crippen LogP contribution >= 0.6 is 31.9 Å². The van der Waals surface area contributed by atoms with E-state index in [1.54, 1.807) is 0 Å². The molecule has 3 rings (SSSR count). The van der Waals surface area contributed by atoms with Gasteiger partial charge in [-0.2, -0.15) is 0 Å². The summed E-state index contributed by atoms with van der Waals surface area (Å²) in [6.07, 6.45) is 3.15. The summed E-state index contributed by atoms with van der Waals surface area (Å²) in [6.45, 7) is 2.21. The zero-order chi connectivity index (χ0) is 12.5. The van der Waals surface area contributed by atoms with E-state index in [2.05, 4.69) is 66.0 Å². The van der Waals surface area contributed by atoms with Crippen molar-refractivity contribution in [3.8, 4) is 0 Å². The molecule has 0 bridgehead atoms. The molecule has 1 aliphatic rings. The van der Waals surface area contributed by atoms with E-state index in [-0.39, 0.29) is 0 Å². The topological polar surface area (TPSA) is 16.1 Å². The smallest absolute Gasteiger partial charge is 0.136 e. The quantitative estimate of drug-likeness (QED) is 0.737. The second-order valence-corrected chi connectivity index (χ2v) is 6.23. The Morgan fingerprint density at radius 2 is 2.17 bits per heavy atom. The highest BCUT2D eigenvalue weighted by molar-refractivity contribution is 9.10. The minimum Gasteiger partial charge on any atom is -0.356 e. The van der Waals surface area contributed by atoms with E-state index in [1.165, 1.54) is 17.2 Å². The lowest BCUT2D eigenvalue weighted by Crippen LogP contribution is -2.21. The Hall–Kier alpha value is -0.610. The van der Waals surface area contributed by atoms with Gasteiger partial charge < -0.3 is 4.90 Å². The van der Waals surface area contributed by atoms with Crippen molar-refractivity contribution >= 4 is 48.5 Å². The second-order valence-electron chi connectivity index (χ2n) is 4.72. The molecule has 1 atom stereocenters. The van der Waals surface area contributed by atoms with Crippen LogP contribution in [0.25, 0.3) is 10.8 Å². The second kappa shape index (κ2) is 5.17. The fourth-order valence-electron chi connectivity index (χ4n) is 2.56. The molecule has 2 nitrogen and oxygen atoms in total. The fourth-order valence-corrected chi connectivity index (χ4v) is 3.58. The van der Waals surface area contributed by atoms with Crippen LogP contribution in [0.2, 0.25) is 0 Å². The number of benzene rings is 1. The van der Waals surface area contributed by atoms with Gasteiger partial charge in [-0.05, 0) is 24.5 Å². The molecule has 1 aromatic carbocycles. The number of hydrogen-bond acceptors (Lipinski definition) is 2. The van der Waals surface area contributed by atoms with Crippen LogP contribution in [0.5, 0.6) is 0 Å². The van der Waals surface area contributed by atoms with Gasteiger partial charge in [0.15, 0.2) is 0 Å². The van der Waals surface area contributed by atoms with E-state index in [9.17, 15) is 0 Å². The number of pyridine rings is 1. The van der Waals surface area contributed by atoms with Crippen LogP contribution in [0.1, 0.15) is 6.42 Å². The number of alkyl halides is 1. The highest BCUT2D eigenvalue weighted by atomic mass is 79.9. The maximum absolute atomic E-state index is 4.59. The highest BCUT2D eigenvalue weighted by Crippen LogP contribution is 2.32. The molecule has 1 aromatic heterocycles. The first-order valence-corrected chi connectivity index (χ1v) is 8.05. The monoisotopic (exact) mass is 368 g/mol. The standard InChI is InChI=1S/C14H14Br2N2/c15-8-10-5-7-18(9-10)14-12-2-1-3-13(16)11(12)4-6-17-14/h1-4,6,10H,5,7-9H2. The van der Waals surface area contributed by atoms with Crippen LogP contribution < -0.4 is 4.90 Å². The molecule has 0 saturated carbocycles. The van der Waals surface area contributed by atoms with Crippen molar-refractivity contribution in [1.29, 1.82) is 0 Å². The lowest BCUT2D eigenvalue weighted by atomic mass is 10.1. The van der Waals surface area contributed by atoms with Crippen LogP contribution in [0.3, 0.4) is 0 Å². The third-order valence-electron chi connectivity index (χ3n) is 3.54. The van der Waals surface area contributed by atoms with Crippen molar-refractivity contribution in [3.05, 3.63) is 34.9 Å². The van der Waals surface area contributed by atoms with Gasteiger partial charge in [0.2, 0.25) is 0 Å². The van der Waals surface area contributed by atoms with Crippen molar-refractivity contribution < 1.29 is 0 Å². The average molecular weight is 370 g/mol. The molecule has 1 saturated heterocycles. The summed E-state index contributed by atoms with van der Waals surface area (Å²) in [4.78, 5) is 6.99. The minimum absolute atomic E-state index is 0.745. The van der Waals surface area contributed by atoms with Crippen LogP contribution in [0.15, 0.2) is 34.9 Å². The fraction of sp³-hybridized carbons (Fsp3) is 0.357. The van der Waals surface area contributed by atoms with E-state index in [4.69, 9.17) is 0 Å². The van der Waals surface area contributed by atoms with Gasteiger partial charge in [-0.15, -0.1) is 0 Å². The molecule has 0 radical (unpaired) electrons. The molecule has 0 aliphatic carbocycles. The zero-order valence-corrected chi connectivity index (χ0v) is 13.1. The van der Waals surface area contributed by atoms with Crippen molar-refractivity contribution in [3.63, 3.8) is 0 Å². The maximum atomic E-state index is 4.59.